The van der Waals surface area contributed by atoms with Gasteiger partial charge in [-0.05, 0) is 18.1 Å². The molecular formula is C15H17N3O3. The van der Waals surface area contributed by atoms with Gasteiger partial charge in [-0.15, -0.1) is 0 Å². The number of carbonyl (C=O) groups excluding carboxylic acids is 1. The van der Waals surface area contributed by atoms with Crippen molar-refractivity contribution in [1.29, 1.82) is 0 Å². The van der Waals surface area contributed by atoms with Gasteiger partial charge in [-0.1, -0.05) is 26.0 Å². The third kappa shape index (κ3) is 3.75. The maximum Gasteiger partial charge on any atom is 0.323 e. The zero-order chi connectivity index (χ0) is 15.4. The second-order valence-corrected chi connectivity index (χ2v) is 5.22. The number of amides is 1. The van der Waals surface area contributed by atoms with Gasteiger partial charge in [0.2, 0.25) is 0 Å². The average molecular weight is 287 g/mol. The van der Waals surface area contributed by atoms with Gasteiger partial charge in [-0.2, -0.15) is 0 Å². The minimum absolute atomic E-state index is 0.163. The van der Waals surface area contributed by atoms with E-state index >= 15 is 0 Å². The third-order valence-electron chi connectivity index (χ3n) is 2.87. The molecule has 6 nitrogen and oxygen atoms in total. The lowest BCUT2D eigenvalue weighted by Crippen LogP contribution is -2.38. The van der Waals surface area contributed by atoms with E-state index in [0.717, 1.165) is 0 Å². The van der Waals surface area contributed by atoms with Gasteiger partial charge in [0.1, 0.15) is 12.2 Å². The fraction of sp³-hybridized carbons (Fsp3) is 0.333. The molecule has 6 heteroatoms. The molecule has 1 heterocycles. The van der Waals surface area contributed by atoms with Gasteiger partial charge in [-0.3, -0.25) is 14.6 Å². The van der Waals surface area contributed by atoms with Crippen LogP contribution < -0.4 is 0 Å². The zero-order valence-corrected chi connectivity index (χ0v) is 12.0. The number of carbonyl (C=O) groups is 2. The van der Waals surface area contributed by atoms with Gasteiger partial charge >= 0.3 is 5.97 Å². The molecule has 110 valence electrons. The van der Waals surface area contributed by atoms with Gasteiger partial charge in [-0.25, -0.2) is 4.98 Å². The van der Waals surface area contributed by atoms with Crippen molar-refractivity contribution >= 4 is 22.9 Å². The van der Waals surface area contributed by atoms with Crippen LogP contribution in [0.1, 0.15) is 24.3 Å². The Balaban J connectivity index is 2.30. The summed E-state index contributed by atoms with van der Waals surface area (Å²) in [6.07, 6.45) is 1.39. The van der Waals surface area contributed by atoms with Crippen molar-refractivity contribution in [2.24, 2.45) is 5.92 Å². The smallest absolute Gasteiger partial charge is 0.323 e. The number of hydrogen-bond acceptors (Lipinski definition) is 4. The Kier molecular flexibility index (Phi) is 4.47. The summed E-state index contributed by atoms with van der Waals surface area (Å²) >= 11 is 0. The van der Waals surface area contributed by atoms with E-state index in [9.17, 15) is 9.59 Å². The number of benzene rings is 1. The summed E-state index contributed by atoms with van der Waals surface area (Å²) in [5.74, 6) is -1.29. The molecule has 0 aliphatic carbocycles. The molecule has 1 aromatic heterocycles. The second kappa shape index (κ2) is 6.30. The van der Waals surface area contributed by atoms with E-state index in [1.807, 2.05) is 26.0 Å². The topological polar surface area (TPSA) is 83.4 Å². The number of carboxylic acid groups (broad SMARTS) is 1. The molecule has 2 rings (SSSR count). The highest BCUT2D eigenvalue weighted by Crippen LogP contribution is 2.11. The van der Waals surface area contributed by atoms with Crippen LogP contribution in [0.4, 0.5) is 0 Å². The van der Waals surface area contributed by atoms with Crippen molar-refractivity contribution in [3.63, 3.8) is 0 Å². The van der Waals surface area contributed by atoms with Crippen molar-refractivity contribution in [1.82, 2.24) is 14.9 Å². The summed E-state index contributed by atoms with van der Waals surface area (Å²) in [6, 6.07) is 7.23. The minimum Gasteiger partial charge on any atom is -0.480 e. The van der Waals surface area contributed by atoms with Crippen LogP contribution in [0.2, 0.25) is 0 Å². The number of carboxylic acids is 1. The quantitative estimate of drug-likeness (QED) is 0.906. The first kappa shape index (κ1) is 14.9. The number of rotatable bonds is 5. The van der Waals surface area contributed by atoms with Crippen LogP contribution in [0.3, 0.4) is 0 Å². The molecule has 2 aromatic rings. The number of aromatic nitrogens is 2. The lowest BCUT2D eigenvalue weighted by molar-refractivity contribution is -0.137. The van der Waals surface area contributed by atoms with Gasteiger partial charge < -0.3 is 10.0 Å². The summed E-state index contributed by atoms with van der Waals surface area (Å²) in [7, 11) is 0. The molecule has 0 saturated heterocycles. The normalized spacial score (nSPS) is 10.8. The maximum atomic E-state index is 12.4. The Morgan fingerprint density at radius 1 is 1.24 bits per heavy atom. The fourth-order valence-corrected chi connectivity index (χ4v) is 2.05. The highest BCUT2D eigenvalue weighted by atomic mass is 16.4. The molecule has 0 atom stereocenters. The maximum absolute atomic E-state index is 12.4. The minimum atomic E-state index is -1.04. The first-order valence-electron chi connectivity index (χ1n) is 6.70. The van der Waals surface area contributed by atoms with Crippen LogP contribution in [-0.4, -0.2) is 44.9 Å². The van der Waals surface area contributed by atoms with Gasteiger partial charge in [0.05, 0.1) is 17.2 Å². The molecule has 1 N–H and O–H groups in total. The third-order valence-corrected chi connectivity index (χ3v) is 2.87. The molecule has 21 heavy (non-hydrogen) atoms. The molecule has 0 spiro atoms. The Morgan fingerprint density at radius 2 is 1.90 bits per heavy atom. The molecule has 1 amide bonds. The number of nitrogens with zero attached hydrogens (tertiary/aromatic N) is 3. The Bertz CT molecular complexity index is 670. The lowest BCUT2D eigenvalue weighted by atomic mass is 10.2. The van der Waals surface area contributed by atoms with Gasteiger partial charge in [0, 0.05) is 6.54 Å². The summed E-state index contributed by atoms with van der Waals surface area (Å²) in [4.78, 5) is 33.1. The van der Waals surface area contributed by atoms with Crippen LogP contribution >= 0.6 is 0 Å². The van der Waals surface area contributed by atoms with Crippen molar-refractivity contribution < 1.29 is 14.7 Å². The summed E-state index contributed by atoms with van der Waals surface area (Å²) in [5, 5.41) is 8.93. The number of para-hydroxylation sites is 2. The Hall–Kier alpha value is -2.50. The van der Waals surface area contributed by atoms with Crippen molar-refractivity contribution in [2.45, 2.75) is 13.8 Å². The van der Waals surface area contributed by atoms with E-state index in [0.29, 0.717) is 17.6 Å². The lowest BCUT2D eigenvalue weighted by Gasteiger charge is -2.22. The first-order chi connectivity index (χ1) is 9.97. The van der Waals surface area contributed by atoms with Crippen LogP contribution in [0.25, 0.3) is 11.0 Å². The standard InChI is InChI=1S/C15H17N3O3/c1-10(2)8-18(9-14(19)20)15(21)13-7-16-11-5-3-4-6-12(11)17-13/h3-7,10H,8-9H2,1-2H3,(H,19,20). The van der Waals surface area contributed by atoms with Crippen molar-refractivity contribution in [2.75, 3.05) is 13.1 Å². The zero-order valence-electron chi connectivity index (χ0n) is 12.0. The van der Waals surface area contributed by atoms with Crippen molar-refractivity contribution in [3.8, 4) is 0 Å². The van der Waals surface area contributed by atoms with E-state index in [-0.39, 0.29) is 18.2 Å². The van der Waals surface area contributed by atoms with Gasteiger partial charge in [0.15, 0.2) is 0 Å². The monoisotopic (exact) mass is 287 g/mol. The molecule has 0 unspecified atom stereocenters. The molecule has 0 bridgehead atoms. The first-order valence-corrected chi connectivity index (χ1v) is 6.70. The van der Waals surface area contributed by atoms with E-state index in [2.05, 4.69) is 9.97 Å². The van der Waals surface area contributed by atoms with Crippen molar-refractivity contribution in [3.05, 3.63) is 36.2 Å². The molecular weight excluding hydrogens is 270 g/mol. The van der Waals surface area contributed by atoms with E-state index in [4.69, 9.17) is 5.11 Å². The summed E-state index contributed by atoms with van der Waals surface area (Å²) in [6.45, 7) is 3.87. The number of hydrogen-bond donors (Lipinski definition) is 1. The number of aliphatic carboxylic acids is 1. The molecule has 0 aliphatic rings. The predicted octanol–water partition coefficient (Wildman–Crippen LogP) is 1.81. The number of fused-ring (bicyclic) bond motifs is 1. The average Bonchev–Trinajstić information content (AvgIpc) is 2.44. The molecule has 1 aromatic carbocycles. The highest BCUT2D eigenvalue weighted by Gasteiger charge is 2.21. The predicted molar refractivity (Wildman–Crippen MR) is 77.9 cm³/mol. The largest absolute Gasteiger partial charge is 0.480 e. The van der Waals surface area contributed by atoms with E-state index in [1.165, 1.54) is 11.1 Å². The molecule has 0 radical (unpaired) electrons. The molecule has 0 saturated carbocycles. The van der Waals surface area contributed by atoms with E-state index < -0.39 is 11.9 Å². The second-order valence-electron chi connectivity index (χ2n) is 5.22. The van der Waals surface area contributed by atoms with Gasteiger partial charge in [0.25, 0.3) is 5.91 Å². The Labute approximate surface area is 122 Å². The van der Waals surface area contributed by atoms with E-state index in [1.54, 1.807) is 12.1 Å². The highest BCUT2D eigenvalue weighted by molar-refractivity contribution is 5.95. The molecule has 0 fully saturated rings. The van der Waals surface area contributed by atoms with Crippen LogP contribution in [0.15, 0.2) is 30.5 Å². The SMILES string of the molecule is CC(C)CN(CC(=O)O)C(=O)c1cnc2ccccc2n1. The fourth-order valence-electron chi connectivity index (χ4n) is 2.05. The summed E-state index contributed by atoms with van der Waals surface area (Å²) < 4.78 is 0. The van der Waals surface area contributed by atoms with Crippen LogP contribution in [0, 0.1) is 5.92 Å². The van der Waals surface area contributed by atoms with Crippen LogP contribution in [-0.2, 0) is 4.79 Å². The molecule has 0 aliphatic heterocycles. The Morgan fingerprint density at radius 3 is 2.52 bits per heavy atom. The summed E-state index contributed by atoms with van der Waals surface area (Å²) in [5.41, 5.74) is 1.47. The van der Waals surface area contributed by atoms with Crippen LogP contribution in [0.5, 0.6) is 0 Å².